The Bertz CT molecular complexity index is 1280. The van der Waals surface area contributed by atoms with Gasteiger partial charge in [-0.1, -0.05) is 41.9 Å². The van der Waals surface area contributed by atoms with Crippen LogP contribution < -0.4 is 10.1 Å². The van der Waals surface area contributed by atoms with Crippen molar-refractivity contribution in [2.75, 3.05) is 13.7 Å². The van der Waals surface area contributed by atoms with E-state index in [1.165, 1.54) is 18.2 Å². The van der Waals surface area contributed by atoms with Gasteiger partial charge in [0, 0.05) is 40.7 Å². The van der Waals surface area contributed by atoms with Crippen molar-refractivity contribution in [3.05, 3.63) is 105 Å². The smallest absolute Gasteiger partial charge is 0.283 e. The maximum Gasteiger partial charge on any atom is 0.283 e. The Morgan fingerprint density at radius 2 is 1.91 bits per heavy atom. The molecule has 0 bridgehead atoms. The van der Waals surface area contributed by atoms with Crippen LogP contribution in [0.25, 0.3) is 10.9 Å². The molecule has 2 N–H and O–H groups in total. The quantitative estimate of drug-likeness (QED) is 0.295. The highest BCUT2D eigenvalue weighted by Crippen LogP contribution is 2.32. The van der Waals surface area contributed by atoms with Crippen LogP contribution in [-0.4, -0.2) is 29.5 Å². The summed E-state index contributed by atoms with van der Waals surface area (Å²) in [6, 6.07) is 19.5. The molecule has 0 aliphatic carbocycles. The van der Waals surface area contributed by atoms with Crippen LogP contribution in [0.5, 0.6) is 5.75 Å². The molecule has 7 nitrogen and oxygen atoms in total. The van der Waals surface area contributed by atoms with Crippen molar-refractivity contribution < 1.29 is 14.5 Å². The fourth-order valence-corrected chi connectivity index (χ4v) is 3.93. The number of hydrogen-bond acceptors (Lipinski definition) is 4. The van der Waals surface area contributed by atoms with E-state index in [1.54, 1.807) is 7.11 Å². The minimum Gasteiger partial charge on any atom is -0.497 e. The van der Waals surface area contributed by atoms with Crippen molar-refractivity contribution in [1.82, 2.24) is 10.3 Å². The fraction of sp³-hybridized carbons (Fsp3) is 0.125. The van der Waals surface area contributed by atoms with Crippen molar-refractivity contribution in [1.29, 1.82) is 0 Å². The Morgan fingerprint density at radius 1 is 1.16 bits per heavy atom. The molecule has 1 aromatic heterocycles. The van der Waals surface area contributed by atoms with Gasteiger partial charge in [-0.3, -0.25) is 14.9 Å². The maximum atomic E-state index is 12.9. The lowest BCUT2D eigenvalue weighted by Crippen LogP contribution is -2.29. The summed E-state index contributed by atoms with van der Waals surface area (Å²) in [6.07, 6.45) is 1.93. The van der Waals surface area contributed by atoms with Crippen LogP contribution >= 0.6 is 11.6 Å². The van der Waals surface area contributed by atoms with Gasteiger partial charge in [-0.2, -0.15) is 0 Å². The van der Waals surface area contributed by atoms with Gasteiger partial charge < -0.3 is 15.0 Å². The number of rotatable bonds is 7. The highest BCUT2D eigenvalue weighted by Gasteiger charge is 2.23. The second kappa shape index (κ2) is 9.11. The lowest BCUT2D eigenvalue weighted by atomic mass is 9.90. The number of fused-ring (bicyclic) bond motifs is 1. The molecule has 0 fully saturated rings. The molecular weight excluding hydrogens is 430 g/mol. The Labute approximate surface area is 189 Å². The second-order valence-corrected chi connectivity index (χ2v) is 7.68. The second-order valence-electron chi connectivity index (χ2n) is 7.24. The zero-order valence-corrected chi connectivity index (χ0v) is 17.9. The molecule has 0 radical (unpaired) electrons. The number of para-hydroxylation sites is 1. The number of nitro groups is 1. The van der Waals surface area contributed by atoms with E-state index in [0.29, 0.717) is 0 Å². The average Bonchev–Trinajstić information content (AvgIpc) is 3.23. The molecule has 0 saturated heterocycles. The van der Waals surface area contributed by atoms with Gasteiger partial charge in [-0.25, -0.2) is 0 Å². The molecule has 4 rings (SSSR count). The van der Waals surface area contributed by atoms with Crippen LogP contribution in [0.2, 0.25) is 5.02 Å². The molecule has 1 atom stereocenters. The first kappa shape index (κ1) is 21.4. The first-order valence-corrected chi connectivity index (χ1v) is 10.3. The molecule has 162 valence electrons. The standard InChI is InChI=1S/C24H20ClN3O4/c1-32-17-9-6-15(7-10-17)20(21-14-26-22-5-3-2-4-18(21)22)13-27-24(29)19-11-8-16(25)12-23(19)28(30)31/h2-12,14,20,26H,13H2,1H3,(H,27,29). The predicted molar refractivity (Wildman–Crippen MR) is 124 cm³/mol. The maximum absolute atomic E-state index is 12.9. The van der Waals surface area contributed by atoms with Crippen LogP contribution in [0.3, 0.4) is 0 Å². The van der Waals surface area contributed by atoms with E-state index in [-0.39, 0.29) is 28.7 Å². The molecule has 0 saturated carbocycles. The summed E-state index contributed by atoms with van der Waals surface area (Å²) in [5.41, 5.74) is 2.61. The Hall–Kier alpha value is -3.84. The van der Waals surface area contributed by atoms with Crippen LogP contribution in [0, 0.1) is 10.1 Å². The number of H-pyrrole nitrogens is 1. The topological polar surface area (TPSA) is 97.3 Å². The number of carbonyl (C=O) groups excluding carboxylic acids is 1. The summed E-state index contributed by atoms with van der Waals surface area (Å²) in [5.74, 6) is 0.00586. The number of halogens is 1. The zero-order chi connectivity index (χ0) is 22.7. The number of ether oxygens (including phenoxy) is 1. The fourth-order valence-electron chi connectivity index (χ4n) is 3.76. The number of aromatic amines is 1. The number of hydrogen-bond donors (Lipinski definition) is 2. The molecule has 1 unspecified atom stereocenters. The van der Waals surface area contributed by atoms with E-state index >= 15 is 0 Å². The van der Waals surface area contributed by atoms with E-state index in [9.17, 15) is 14.9 Å². The molecule has 8 heteroatoms. The Kier molecular flexibility index (Phi) is 6.09. The van der Waals surface area contributed by atoms with E-state index < -0.39 is 10.8 Å². The monoisotopic (exact) mass is 449 g/mol. The van der Waals surface area contributed by atoms with Gasteiger partial charge in [0.25, 0.3) is 11.6 Å². The third-order valence-corrected chi connectivity index (χ3v) is 5.62. The van der Waals surface area contributed by atoms with E-state index in [0.717, 1.165) is 27.8 Å². The van der Waals surface area contributed by atoms with Crippen molar-refractivity contribution in [3.8, 4) is 5.75 Å². The van der Waals surface area contributed by atoms with Gasteiger partial charge in [0.05, 0.1) is 12.0 Å². The SMILES string of the molecule is COc1ccc(C(CNC(=O)c2ccc(Cl)cc2[N+](=O)[O-])c2c[nH]c3ccccc23)cc1. The van der Waals surface area contributed by atoms with E-state index in [1.807, 2.05) is 54.7 Å². The number of benzene rings is 3. The lowest BCUT2D eigenvalue weighted by Gasteiger charge is -2.19. The average molecular weight is 450 g/mol. The number of nitro benzene ring substituents is 1. The van der Waals surface area contributed by atoms with E-state index in [4.69, 9.17) is 16.3 Å². The van der Waals surface area contributed by atoms with Crippen LogP contribution in [0.15, 0.2) is 72.9 Å². The lowest BCUT2D eigenvalue weighted by molar-refractivity contribution is -0.385. The van der Waals surface area contributed by atoms with Gasteiger partial charge in [0.2, 0.25) is 0 Å². The largest absolute Gasteiger partial charge is 0.497 e. The minimum absolute atomic E-state index is 0.0354. The Morgan fingerprint density at radius 3 is 2.62 bits per heavy atom. The molecule has 1 heterocycles. The summed E-state index contributed by atoms with van der Waals surface area (Å²) < 4.78 is 5.26. The molecule has 32 heavy (non-hydrogen) atoms. The molecule has 0 spiro atoms. The summed E-state index contributed by atoms with van der Waals surface area (Å²) >= 11 is 5.87. The van der Waals surface area contributed by atoms with Gasteiger partial charge in [-0.05, 0) is 41.5 Å². The van der Waals surface area contributed by atoms with Gasteiger partial charge >= 0.3 is 0 Å². The van der Waals surface area contributed by atoms with Crippen LogP contribution in [-0.2, 0) is 0 Å². The summed E-state index contributed by atoms with van der Waals surface area (Å²) in [4.78, 5) is 26.9. The Balaban J connectivity index is 1.67. The van der Waals surface area contributed by atoms with Gasteiger partial charge in [-0.15, -0.1) is 0 Å². The predicted octanol–water partition coefficient (Wildman–Crippen LogP) is 5.30. The van der Waals surface area contributed by atoms with Crippen molar-refractivity contribution >= 4 is 34.1 Å². The number of nitrogens with one attached hydrogen (secondary N) is 2. The third-order valence-electron chi connectivity index (χ3n) is 5.38. The van der Waals surface area contributed by atoms with Crippen LogP contribution in [0.4, 0.5) is 5.69 Å². The number of carbonyl (C=O) groups is 1. The number of amides is 1. The summed E-state index contributed by atoms with van der Waals surface area (Å²) in [5, 5.41) is 15.5. The summed E-state index contributed by atoms with van der Waals surface area (Å²) in [7, 11) is 1.60. The molecular formula is C24H20ClN3O4. The highest BCUT2D eigenvalue weighted by atomic mass is 35.5. The number of aromatic nitrogens is 1. The van der Waals surface area contributed by atoms with E-state index in [2.05, 4.69) is 10.3 Å². The van der Waals surface area contributed by atoms with Crippen molar-refractivity contribution in [3.63, 3.8) is 0 Å². The van der Waals surface area contributed by atoms with Gasteiger partial charge in [0.15, 0.2) is 0 Å². The molecule has 1 amide bonds. The van der Waals surface area contributed by atoms with Crippen molar-refractivity contribution in [2.24, 2.45) is 0 Å². The molecule has 0 aliphatic heterocycles. The number of nitrogens with zero attached hydrogens (tertiary/aromatic N) is 1. The van der Waals surface area contributed by atoms with Crippen molar-refractivity contribution in [2.45, 2.75) is 5.92 Å². The first-order valence-electron chi connectivity index (χ1n) is 9.90. The zero-order valence-electron chi connectivity index (χ0n) is 17.2. The molecule has 4 aromatic rings. The normalized spacial score (nSPS) is 11.8. The third kappa shape index (κ3) is 4.29. The van der Waals surface area contributed by atoms with Crippen LogP contribution in [0.1, 0.15) is 27.4 Å². The molecule has 0 aliphatic rings. The minimum atomic E-state index is -0.610. The molecule has 3 aromatic carbocycles. The van der Waals surface area contributed by atoms with Gasteiger partial charge in [0.1, 0.15) is 11.3 Å². The summed E-state index contributed by atoms with van der Waals surface area (Å²) in [6.45, 7) is 0.243. The number of methoxy groups -OCH3 is 1. The first-order chi connectivity index (χ1) is 15.5. The highest BCUT2D eigenvalue weighted by molar-refractivity contribution is 6.31.